The fourth-order valence-corrected chi connectivity index (χ4v) is 3.08. The lowest BCUT2D eigenvalue weighted by molar-refractivity contribution is 0.542. The second-order valence-corrected chi connectivity index (χ2v) is 6.69. The van der Waals surface area contributed by atoms with Gasteiger partial charge < -0.3 is 4.57 Å². The van der Waals surface area contributed by atoms with Crippen molar-refractivity contribution in [2.75, 3.05) is 0 Å². The Morgan fingerprint density at radius 3 is 2.09 bits per heavy atom. The fraction of sp³-hybridized carbons (Fsp3) is 0.650. The first-order valence-corrected chi connectivity index (χ1v) is 9.14. The molecule has 0 aliphatic rings. The fourth-order valence-electron chi connectivity index (χ4n) is 3.08. The second-order valence-electron chi connectivity index (χ2n) is 6.69. The lowest BCUT2D eigenvalue weighted by atomic mass is 10.1. The molecule has 0 aliphatic heterocycles. The van der Waals surface area contributed by atoms with E-state index in [9.17, 15) is 0 Å². The molecule has 0 saturated carbocycles. The van der Waals surface area contributed by atoms with Crippen LogP contribution in [-0.4, -0.2) is 9.55 Å². The van der Waals surface area contributed by atoms with Gasteiger partial charge in [-0.25, -0.2) is 4.98 Å². The molecule has 0 spiro atoms. The number of nitrogens with zero attached hydrogens (tertiary/aromatic N) is 2. The van der Waals surface area contributed by atoms with Gasteiger partial charge in [0.2, 0.25) is 0 Å². The first-order chi connectivity index (χ1) is 10.7. The standard InChI is InChI=1S/C20H32N2/c1-4-5-6-7-8-9-10-11-12-13-22-16-21-19-14-17(2)18(3)15-20(19)22/h14-16H,4-13H2,1-3H3. The van der Waals surface area contributed by atoms with Gasteiger partial charge in [-0.2, -0.15) is 0 Å². The predicted molar refractivity (Wildman–Crippen MR) is 96.4 cm³/mol. The molecule has 1 aromatic heterocycles. The summed E-state index contributed by atoms with van der Waals surface area (Å²) in [7, 11) is 0. The summed E-state index contributed by atoms with van der Waals surface area (Å²) in [6.45, 7) is 7.73. The lowest BCUT2D eigenvalue weighted by Gasteiger charge is -2.06. The monoisotopic (exact) mass is 300 g/mol. The van der Waals surface area contributed by atoms with Crippen molar-refractivity contribution in [2.45, 2.75) is 85.1 Å². The Kier molecular flexibility index (Phi) is 6.95. The zero-order valence-corrected chi connectivity index (χ0v) is 14.7. The molecule has 0 bridgehead atoms. The van der Waals surface area contributed by atoms with Crippen LogP contribution in [0, 0.1) is 13.8 Å². The van der Waals surface area contributed by atoms with E-state index in [1.165, 1.54) is 74.4 Å². The van der Waals surface area contributed by atoms with Crippen molar-refractivity contribution in [2.24, 2.45) is 0 Å². The van der Waals surface area contributed by atoms with E-state index in [1.54, 1.807) is 0 Å². The number of aromatic nitrogens is 2. The van der Waals surface area contributed by atoms with E-state index in [0.29, 0.717) is 0 Å². The molecule has 0 amide bonds. The van der Waals surface area contributed by atoms with E-state index in [2.05, 4.69) is 42.5 Å². The Balaban J connectivity index is 1.68. The number of benzene rings is 1. The van der Waals surface area contributed by atoms with Crippen LogP contribution in [0.3, 0.4) is 0 Å². The van der Waals surface area contributed by atoms with Gasteiger partial charge in [-0.3, -0.25) is 0 Å². The van der Waals surface area contributed by atoms with Gasteiger partial charge in [-0.15, -0.1) is 0 Å². The number of fused-ring (bicyclic) bond motifs is 1. The van der Waals surface area contributed by atoms with Crippen molar-refractivity contribution in [1.29, 1.82) is 0 Å². The van der Waals surface area contributed by atoms with Crippen LogP contribution in [0.2, 0.25) is 0 Å². The third kappa shape index (κ3) is 4.86. The molecule has 0 unspecified atom stereocenters. The minimum absolute atomic E-state index is 1.11. The van der Waals surface area contributed by atoms with Crippen LogP contribution in [0.4, 0.5) is 0 Å². The molecular weight excluding hydrogens is 268 g/mol. The highest BCUT2D eigenvalue weighted by Gasteiger charge is 2.04. The van der Waals surface area contributed by atoms with Gasteiger partial charge in [-0.1, -0.05) is 58.3 Å². The van der Waals surface area contributed by atoms with Crippen molar-refractivity contribution in [3.05, 3.63) is 29.6 Å². The van der Waals surface area contributed by atoms with E-state index < -0.39 is 0 Å². The van der Waals surface area contributed by atoms with Crippen LogP contribution in [-0.2, 0) is 6.54 Å². The summed E-state index contributed by atoms with van der Waals surface area (Å²) in [5.41, 5.74) is 5.13. The summed E-state index contributed by atoms with van der Waals surface area (Å²) in [6.07, 6.45) is 14.5. The van der Waals surface area contributed by atoms with Gasteiger partial charge >= 0.3 is 0 Å². The SMILES string of the molecule is CCCCCCCCCCCn1cnc2cc(C)c(C)cc21. The molecule has 0 radical (unpaired) electrons. The number of aryl methyl sites for hydroxylation is 3. The summed E-state index contributed by atoms with van der Waals surface area (Å²) in [6, 6.07) is 4.49. The number of hydrogen-bond acceptors (Lipinski definition) is 1. The maximum atomic E-state index is 4.54. The first-order valence-electron chi connectivity index (χ1n) is 9.14. The van der Waals surface area contributed by atoms with E-state index in [-0.39, 0.29) is 0 Å². The second kappa shape index (κ2) is 8.97. The average molecular weight is 300 g/mol. The largest absolute Gasteiger partial charge is 0.331 e. The Hall–Kier alpha value is -1.31. The lowest BCUT2D eigenvalue weighted by Crippen LogP contribution is -1.96. The van der Waals surface area contributed by atoms with E-state index in [4.69, 9.17) is 0 Å². The van der Waals surface area contributed by atoms with Crippen molar-refractivity contribution >= 4 is 11.0 Å². The van der Waals surface area contributed by atoms with Gasteiger partial charge in [-0.05, 0) is 43.5 Å². The molecule has 1 aromatic carbocycles. The molecule has 0 saturated heterocycles. The molecule has 0 N–H and O–H groups in total. The molecule has 2 aromatic rings. The Bertz CT molecular complexity index is 568. The van der Waals surface area contributed by atoms with E-state index in [0.717, 1.165) is 12.1 Å². The van der Waals surface area contributed by atoms with Crippen LogP contribution < -0.4 is 0 Å². The van der Waals surface area contributed by atoms with Gasteiger partial charge in [0.1, 0.15) is 0 Å². The number of rotatable bonds is 10. The van der Waals surface area contributed by atoms with E-state index >= 15 is 0 Å². The number of imidazole rings is 1. The minimum Gasteiger partial charge on any atom is -0.331 e. The molecule has 2 nitrogen and oxygen atoms in total. The van der Waals surface area contributed by atoms with Crippen LogP contribution in [0.15, 0.2) is 18.5 Å². The van der Waals surface area contributed by atoms with Gasteiger partial charge in [0, 0.05) is 6.54 Å². The quantitative estimate of drug-likeness (QED) is 0.479. The highest BCUT2D eigenvalue weighted by molar-refractivity contribution is 5.77. The topological polar surface area (TPSA) is 17.8 Å². The maximum absolute atomic E-state index is 4.54. The van der Waals surface area contributed by atoms with Crippen molar-refractivity contribution in [3.63, 3.8) is 0 Å². The van der Waals surface area contributed by atoms with Crippen molar-refractivity contribution < 1.29 is 0 Å². The molecule has 122 valence electrons. The zero-order valence-electron chi connectivity index (χ0n) is 14.7. The third-order valence-corrected chi connectivity index (χ3v) is 4.74. The molecule has 0 atom stereocenters. The predicted octanol–water partition coefficient (Wildman–Crippen LogP) is 6.18. The molecule has 0 fully saturated rings. The summed E-state index contributed by atoms with van der Waals surface area (Å²) in [5, 5.41) is 0. The van der Waals surface area contributed by atoms with Crippen LogP contribution in [0.5, 0.6) is 0 Å². The summed E-state index contributed by atoms with van der Waals surface area (Å²) in [5.74, 6) is 0. The highest BCUT2D eigenvalue weighted by Crippen LogP contribution is 2.19. The summed E-state index contributed by atoms with van der Waals surface area (Å²) < 4.78 is 2.32. The van der Waals surface area contributed by atoms with Gasteiger partial charge in [0.15, 0.2) is 0 Å². The maximum Gasteiger partial charge on any atom is 0.0958 e. The Morgan fingerprint density at radius 1 is 0.818 bits per heavy atom. The number of unbranched alkanes of at least 4 members (excludes halogenated alkanes) is 8. The zero-order chi connectivity index (χ0) is 15.8. The molecule has 2 rings (SSSR count). The molecule has 0 aliphatic carbocycles. The normalized spacial score (nSPS) is 11.4. The van der Waals surface area contributed by atoms with Crippen LogP contribution >= 0.6 is 0 Å². The summed E-state index contributed by atoms with van der Waals surface area (Å²) >= 11 is 0. The molecule has 22 heavy (non-hydrogen) atoms. The number of hydrogen-bond donors (Lipinski definition) is 0. The minimum atomic E-state index is 1.11. The van der Waals surface area contributed by atoms with Crippen molar-refractivity contribution in [1.82, 2.24) is 9.55 Å². The van der Waals surface area contributed by atoms with Crippen LogP contribution in [0.1, 0.15) is 75.8 Å². The molecule has 1 heterocycles. The van der Waals surface area contributed by atoms with Crippen molar-refractivity contribution in [3.8, 4) is 0 Å². The average Bonchev–Trinajstić information content (AvgIpc) is 2.88. The van der Waals surface area contributed by atoms with Crippen LogP contribution in [0.25, 0.3) is 11.0 Å². The first kappa shape index (κ1) is 17.1. The third-order valence-electron chi connectivity index (χ3n) is 4.74. The van der Waals surface area contributed by atoms with Gasteiger partial charge in [0.05, 0.1) is 17.4 Å². The molecular formula is C20H32N2. The Labute approximate surface area is 135 Å². The van der Waals surface area contributed by atoms with E-state index in [1.807, 2.05) is 6.33 Å². The smallest absolute Gasteiger partial charge is 0.0958 e. The summed E-state index contributed by atoms with van der Waals surface area (Å²) in [4.78, 5) is 4.54. The Morgan fingerprint density at radius 2 is 1.41 bits per heavy atom. The van der Waals surface area contributed by atoms with Gasteiger partial charge in [0.25, 0.3) is 0 Å². The molecule has 2 heteroatoms. The highest BCUT2D eigenvalue weighted by atomic mass is 15.0.